The molecule has 0 radical (unpaired) electrons. The molecule has 1 N–H and O–H groups in total. The lowest BCUT2D eigenvalue weighted by atomic mass is 9.84. The number of H-pyrrole nitrogens is 1. The van der Waals surface area contributed by atoms with Crippen LogP contribution in [0.25, 0.3) is 10.9 Å². The molecule has 0 saturated carbocycles. The summed E-state index contributed by atoms with van der Waals surface area (Å²) in [6.45, 7) is 2.69. The quantitative estimate of drug-likeness (QED) is 0.864. The van der Waals surface area contributed by atoms with Gasteiger partial charge in [-0.2, -0.15) is 0 Å². The van der Waals surface area contributed by atoms with Crippen LogP contribution >= 0.6 is 0 Å². The number of rotatable bonds is 2. The molecule has 4 rings (SSSR count). The number of ether oxygens (including phenoxy) is 1. The summed E-state index contributed by atoms with van der Waals surface area (Å²) < 4.78 is 5.33. The van der Waals surface area contributed by atoms with Gasteiger partial charge in [0, 0.05) is 23.9 Å². The third-order valence-electron chi connectivity index (χ3n) is 4.89. The maximum Gasteiger partial charge on any atom is 0.338 e. The van der Waals surface area contributed by atoms with Crippen molar-refractivity contribution in [2.45, 2.75) is 31.7 Å². The van der Waals surface area contributed by atoms with Crippen molar-refractivity contribution in [1.29, 1.82) is 0 Å². The molecule has 1 atom stereocenters. The molecular formula is C17H18N2O3. The summed E-state index contributed by atoms with van der Waals surface area (Å²) in [6.07, 6.45) is 1.66. The molecule has 22 heavy (non-hydrogen) atoms. The number of benzene rings is 1. The van der Waals surface area contributed by atoms with Crippen LogP contribution in [0.1, 0.15) is 31.0 Å². The van der Waals surface area contributed by atoms with E-state index in [-0.39, 0.29) is 11.9 Å². The minimum absolute atomic E-state index is 0.0392. The van der Waals surface area contributed by atoms with Crippen LogP contribution in [0.2, 0.25) is 0 Å². The average Bonchev–Trinajstić information content (AvgIpc) is 3.07. The fourth-order valence-corrected chi connectivity index (χ4v) is 3.95. The Labute approximate surface area is 128 Å². The van der Waals surface area contributed by atoms with Gasteiger partial charge in [-0.1, -0.05) is 18.2 Å². The van der Waals surface area contributed by atoms with Gasteiger partial charge in [0.05, 0.1) is 12.3 Å². The minimum atomic E-state index is -0.959. The van der Waals surface area contributed by atoms with E-state index >= 15 is 0 Å². The lowest BCUT2D eigenvalue weighted by molar-refractivity contribution is -0.161. The van der Waals surface area contributed by atoms with Crippen molar-refractivity contribution in [1.82, 2.24) is 9.88 Å². The molecule has 2 aliphatic heterocycles. The van der Waals surface area contributed by atoms with E-state index in [0.29, 0.717) is 26.0 Å². The van der Waals surface area contributed by atoms with E-state index in [1.54, 1.807) is 11.8 Å². The van der Waals surface area contributed by atoms with Gasteiger partial charge >= 0.3 is 5.97 Å². The predicted octanol–water partition coefficient (Wildman–Crippen LogP) is 2.10. The Balaban J connectivity index is 1.97. The van der Waals surface area contributed by atoms with Crippen molar-refractivity contribution in [3.63, 3.8) is 0 Å². The molecule has 1 saturated heterocycles. The summed E-state index contributed by atoms with van der Waals surface area (Å²) in [4.78, 5) is 30.1. The fraction of sp³-hybridized carbons (Fsp3) is 0.412. The predicted molar refractivity (Wildman–Crippen MR) is 81.3 cm³/mol. The summed E-state index contributed by atoms with van der Waals surface area (Å²) in [5.74, 6) is -0.272. The topological polar surface area (TPSA) is 62.4 Å². The molecule has 1 aromatic heterocycles. The lowest BCUT2D eigenvalue weighted by Gasteiger charge is -2.39. The molecule has 5 heteroatoms. The van der Waals surface area contributed by atoms with E-state index in [9.17, 15) is 9.59 Å². The molecule has 0 spiro atoms. The number of hydrogen-bond donors (Lipinski definition) is 1. The standard InChI is InChI=1S/C17H18N2O3/c1-2-22-16(21)17-9-7-14(20)19(17)10-8-12-11-5-3-4-6-13(11)18-15(12)17/h3-6,18H,2,7-10H2,1H3/t17-/m1/s1. The highest BCUT2D eigenvalue weighted by molar-refractivity contribution is 5.96. The van der Waals surface area contributed by atoms with Crippen LogP contribution in [0, 0.1) is 0 Å². The number of para-hydroxylation sites is 1. The molecule has 0 bridgehead atoms. The highest BCUT2D eigenvalue weighted by atomic mass is 16.5. The van der Waals surface area contributed by atoms with Gasteiger partial charge < -0.3 is 14.6 Å². The smallest absolute Gasteiger partial charge is 0.338 e. The van der Waals surface area contributed by atoms with Crippen LogP contribution in [0.15, 0.2) is 24.3 Å². The van der Waals surface area contributed by atoms with Crippen LogP contribution in [0.3, 0.4) is 0 Å². The van der Waals surface area contributed by atoms with Crippen molar-refractivity contribution in [3.05, 3.63) is 35.5 Å². The average molecular weight is 298 g/mol. The number of hydrogen-bond acceptors (Lipinski definition) is 3. The van der Waals surface area contributed by atoms with Crippen molar-refractivity contribution in [2.24, 2.45) is 0 Å². The van der Waals surface area contributed by atoms with E-state index in [2.05, 4.69) is 11.1 Å². The van der Waals surface area contributed by atoms with Gasteiger partial charge in [-0.3, -0.25) is 4.79 Å². The summed E-state index contributed by atoms with van der Waals surface area (Å²) in [6, 6.07) is 8.04. The number of nitrogens with one attached hydrogen (secondary N) is 1. The van der Waals surface area contributed by atoms with Crippen LogP contribution < -0.4 is 0 Å². The summed E-state index contributed by atoms with van der Waals surface area (Å²) >= 11 is 0. The Morgan fingerprint density at radius 2 is 2.18 bits per heavy atom. The Morgan fingerprint density at radius 1 is 1.36 bits per heavy atom. The van der Waals surface area contributed by atoms with Gasteiger partial charge in [-0.05, 0) is 31.4 Å². The Bertz CT molecular complexity index is 779. The number of fused-ring (bicyclic) bond motifs is 5. The largest absolute Gasteiger partial charge is 0.464 e. The number of amides is 1. The SMILES string of the molecule is CCOC(=O)[C@]12CCC(=O)N1CCc1c2[nH]c2ccccc12. The Hall–Kier alpha value is -2.30. The first kappa shape index (κ1) is 13.4. The van der Waals surface area contributed by atoms with Gasteiger partial charge in [0.2, 0.25) is 5.91 Å². The summed E-state index contributed by atoms with van der Waals surface area (Å²) in [5.41, 5.74) is 2.05. The van der Waals surface area contributed by atoms with Crippen LogP contribution in [-0.4, -0.2) is 34.9 Å². The maximum atomic E-state index is 12.8. The number of carbonyl (C=O) groups is 2. The Kier molecular flexibility index (Phi) is 2.79. The zero-order valence-corrected chi connectivity index (χ0v) is 12.5. The van der Waals surface area contributed by atoms with Gasteiger partial charge in [0.25, 0.3) is 0 Å². The van der Waals surface area contributed by atoms with Crippen molar-refractivity contribution < 1.29 is 14.3 Å². The molecule has 1 fully saturated rings. The third kappa shape index (κ3) is 1.54. The normalized spacial score (nSPS) is 23.5. The van der Waals surface area contributed by atoms with Crippen molar-refractivity contribution in [3.8, 4) is 0 Å². The molecule has 3 heterocycles. The molecule has 5 nitrogen and oxygen atoms in total. The minimum Gasteiger partial charge on any atom is -0.464 e. The first-order valence-electron chi connectivity index (χ1n) is 7.76. The zero-order valence-electron chi connectivity index (χ0n) is 12.5. The Morgan fingerprint density at radius 3 is 3.00 bits per heavy atom. The summed E-state index contributed by atoms with van der Waals surface area (Å²) in [7, 11) is 0. The number of aromatic amines is 1. The second-order valence-electron chi connectivity index (χ2n) is 5.90. The molecule has 2 aromatic rings. The van der Waals surface area contributed by atoms with E-state index in [1.165, 1.54) is 0 Å². The highest BCUT2D eigenvalue weighted by Gasteiger charge is 2.57. The second-order valence-corrected chi connectivity index (χ2v) is 5.90. The number of carbonyl (C=O) groups excluding carboxylic acids is 2. The van der Waals surface area contributed by atoms with Crippen molar-refractivity contribution >= 4 is 22.8 Å². The second kappa shape index (κ2) is 4.60. The lowest BCUT2D eigenvalue weighted by Crippen LogP contribution is -2.54. The van der Waals surface area contributed by atoms with E-state index < -0.39 is 5.54 Å². The van der Waals surface area contributed by atoms with Gasteiger partial charge in [0.1, 0.15) is 0 Å². The van der Waals surface area contributed by atoms with E-state index in [4.69, 9.17) is 4.74 Å². The van der Waals surface area contributed by atoms with Crippen LogP contribution in [0.4, 0.5) is 0 Å². The molecule has 1 aromatic carbocycles. The molecule has 0 unspecified atom stereocenters. The van der Waals surface area contributed by atoms with Crippen LogP contribution in [-0.2, 0) is 26.3 Å². The van der Waals surface area contributed by atoms with Gasteiger partial charge in [0.15, 0.2) is 5.54 Å². The summed E-state index contributed by atoms with van der Waals surface area (Å²) in [5, 5.41) is 1.14. The van der Waals surface area contributed by atoms with E-state index in [0.717, 1.165) is 28.6 Å². The molecule has 114 valence electrons. The first-order chi connectivity index (χ1) is 10.7. The van der Waals surface area contributed by atoms with E-state index in [1.807, 2.05) is 18.2 Å². The fourth-order valence-electron chi connectivity index (χ4n) is 3.95. The zero-order chi connectivity index (χ0) is 15.3. The number of esters is 1. The molecule has 0 aliphatic carbocycles. The van der Waals surface area contributed by atoms with Crippen molar-refractivity contribution in [2.75, 3.05) is 13.2 Å². The molecule has 2 aliphatic rings. The van der Waals surface area contributed by atoms with Crippen LogP contribution in [0.5, 0.6) is 0 Å². The number of nitrogens with zero attached hydrogens (tertiary/aromatic N) is 1. The third-order valence-corrected chi connectivity index (χ3v) is 4.89. The van der Waals surface area contributed by atoms with Gasteiger partial charge in [-0.25, -0.2) is 4.79 Å². The molecule has 1 amide bonds. The van der Waals surface area contributed by atoms with Gasteiger partial charge in [-0.15, -0.1) is 0 Å². The monoisotopic (exact) mass is 298 g/mol. The highest BCUT2D eigenvalue weighted by Crippen LogP contribution is 2.46. The number of aromatic nitrogens is 1. The molecular weight excluding hydrogens is 280 g/mol. The maximum absolute atomic E-state index is 12.8. The first-order valence-corrected chi connectivity index (χ1v) is 7.76.